The molecule has 1 amide bonds. The zero-order valence-electron chi connectivity index (χ0n) is 12.7. The van der Waals surface area contributed by atoms with Gasteiger partial charge in [-0.05, 0) is 31.0 Å². The van der Waals surface area contributed by atoms with Crippen molar-refractivity contribution >= 4 is 33.0 Å². The molecular weight excluding hydrogens is 284 g/mol. The van der Waals surface area contributed by atoms with Crippen molar-refractivity contribution in [1.29, 1.82) is 0 Å². The van der Waals surface area contributed by atoms with Gasteiger partial charge in [-0.2, -0.15) is 0 Å². The number of nitrogens with two attached hydrogens (primary N) is 1. The predicted molar refractivity (Wildman–Crippen MR) is 89.2 cm³/mol. The van der Waals surface area contributed by atoms with E-state index in [1.807, 2.05) is 18.2 Å². The number of benzene rings is 1. The molecule has 4 nitrogen and oxygen atoms in total. The van der Waals surface area contributed by atoms with Gasteiger partial charge in [-0.1, -0.05) is 20.3 Å². The molecule has 0 spiro atoms. The molecule has 2 aromatic rings. The summed E-state index contributed by atoms with van der Waals surface area (Å²) in [6, 6.07) is 5.89. The van der Waals surface area contributed by atoms with E-state index in [0.717, 1.165) is 35.1 Å². The highest BCUT2D eigenvalue weighted by Crippen LogP contribution is 2.35. The molecule has 0 aliphatic carbocycles. The fourth-order valence-electron chi connectivity index (χ4n) is 2.37. The van der Waals surface area contributed by atoms with Gasteiger partial charge in [-0.25, -0.2) is 0 Å². The lowest BCUT2D eigenvalue weighted by Gasteiger charge is -2.15. The number of ether oxygens (including phenoxy) is 1. The lowest BCUT2D eigenvalue weighted by molar-refractivity contribution is 0.0938. The summed E-state index contributed by atoms with van der Waals surface area (Å²) in [5.74, 6) is 0.695. The number of thiophene rings is 1. The maximum absolute atomic E-state index is 12.4. The van der Waals surface area contributed by atoms with Crippen LogP contribution in [-0.2, 0) is 0 Å². The highest BCUT2D eigenvalue weighted by atomic mass is 32.1. The minimum atomic E-state index is -0.0760. The van der Waals surface area contributed by atoms with E-state index in [1.54, 1.807) is 7.11 Å². The SMILES string of the molecule is CCCC(CC)NC(=O)c1sc2cc(OC)ccc2c1N. The Kier molecular flexibility index (Phi) is 5.07. The zero-order valence-corrected chi connectivity index (χ0v) is 13.5. The van der Waals surface area contributed by atoms with Crippen LogP contribution < -0.4 is 15.8 Å². The number of anilines is 1. The summed E-state index contributed by atoms with van der Waals surface area (Å²) in [6.45, 7) is 4.20. The summed E-state index contributed by atoms with van der Waals surface area (Å²) in [6.07, 6.45) is 2.97. The van der Waals surface area contributed by atoms with Crippen LogP contribution in [0.4, 0.5) is 5.69 Å². The monoisotopic (exact) mass is 306 g/mol. The Morgan fingerprint density at radius 3 is 2.81 bits per heavy atom. The van der Waals surface area contributed by atoms with Crippen molar-refractivity contribution in [3.05, 3.63) is 23.1 Å². The first-order valence-corrected chi connectivity index (χ1v) is 8.09. The molecule has 1 aromatic heterocycles. The molecular formula is C16H22N2O2S. The number of nitrogens with one attached hydrogen (secondary N) is 1. The molecule has 5 heteroatoms. The van der Waals surface area contributed by atoms with Crippen molar-refractivity contribution in [2.45, 2.75) is 39.2 Å². The van der Waals surface area contributed by atoms with Gasteiger partial charge >= 0.3 is 0 Å². The Morgan fingerprint density at radius 1 is 1.43 bits per heavy atom. The van der Waals surface area contributed by atoms with E-state index in [9.17, 15) is 4.79 Å². The van der Waals surface area contributed by atoms with Crippen LogP contribution in [0.3, 0.4) is 0 Å². The van der Waals surface area contributed by atoms with E-state index < -0.39 is 0 Å². The molecule has 0 fully saturated rings. The highest BCUT2D eigenvalue weighted by Gasteiger charge is 2.18. The van der Waals surface area contributed by atoms with Crippen molar-refractivity contribution in [2.24, 2.45) is 0 Å². The topological polar surface area (TPSA) is 64.3 Å². The largest absolute Gasteiger partial charge is 0.497 e. The molecule has 0 bridgehead atoms. The van der Waals surface area contributed by atoms with Crippen LogP contribution in [0.1, 0.15) is 42.8 Å². The van der Waals surface area contributed by atoms with Gasteiger partial charge in [0, 0.05) is 16.1 Å². The second-order valence-corrected chi connectivity index (χ2v) is 6.13. The normalized spacial score (nSPS) is 12.3. The maximum Gasteiger partial charge on any atom is 0.263 e. The van der Waals surface area contributed by atoms with Gasteiger partial charge < -0.3 is 15.8 Å². The number of rotatable bonds is 6. The summed E-state index contributed by atoms with van der Waals surface area (Å²) in [5.41, 5.74) is 6.69. The molecule has 1 heterocycles. The van der Waals surface area contributed by atoms with Gasteiger partial charge in [0.05, 0.1) is 12.8 Å². The highest BCUT2D eigenvalue weighted by molar-refractivity contribution is 7.21. The van der Waals surface area contributed by atoms with Gasteiger partial charge in [0.15, 0.2) is 0 Å². The molecule has 1 unspecified atom stereocenters. The van der Waals surface area contributed by atoms with Crippen molar-refractivity contribution in [3.8, 4) is 5.75 Å². The van der Waals surface area contributed by atoms with Crippen LogP contribution in [0.15, 0.2) is 18.2 Å². The van der Waals surface area contributed by atoms with Crippen molar-refractivity contribution < 1.29 is 9.53 Å². The van der Waals surface area contributed by atoms with Gasteiger partial charge in [-0.15, -0.1) is 11.3 Å². The number of nitrogen functional groups attached to an aromatic ring is 1. The number of methoxy groups -OCH3 is 1. The zero-order chi connectivity index (χ0) is 15.4. The first-order valence-electron chi connectivity index (χ1n) is 7.27. The fraction of sp³-hybridized carbons (Fsp3) is 0.438. The third-order valence-corrected chi connectivity index (χ3v) is 4.77. The molecule has 114 valence electrons. The van der Waals surface area contributed by atoms with Crippen LogP contribution in [0.5, 0.6) is 5.75 Å². The first kappa shape index (κ1) is 15.6. The summed E-state index contributed by atoms with van der Waals surface area (Å²) >= 11 is 1.42. The van der Waals surface area contributed by atoms with E-state index >= 15 is 0 Å². The minimum absolute atomic E-state index is 0.0760. The maximum atomic E-state index is 12.4. The molecule has 0 radical (unpaired) electrons. The van der Waals surface area contributed by atoms with Crippen molar-refractivity contribution in [2.75, 3.05) is 12.8 Å². The van der Waals surface area contributed by atoms with Crippen LogP contribution in [0.25, 0.3) is 10.1 Å². The number of carbonyl (C=O) groups is 1. The standard InChI is InChI=1S/C16H22N2O2S/c1-4-6-10(5-2)18-16(19)15-14(17)12-8-7-11(20-3)9-13(12)21-15/h7-10H,4-6,17H2,1-3H3,(H,18,19). The summed E-state index contributed by atoms with van der Waals surface area (Å²) in [5, 5.41) is 3.99. The Balaban J connectivity index is 2.28. The van der Waals surface area contributed by atoms with E-state index in [0.29, 0.717) is 10.6 Å². The molecule has 3 N–H and O–H groups in total. The lowest BCUT2D eigenvalue weighted by atomic mass is 10.1. The average molecular weight is 306 g/mol. The molecule has 1 aromatic carbocycles. The Hall–Kier alpha value is -1.75. The summed E-state index contributed by atoms with van der Waals surface area (Å²) in [7, 11) is 1.63. The third-order valence-electron chi connectivity index (χ3n) is 3.61. The van der Waals surface area contributed by atoms with Gasteiger partial charge in [0.25, 0.3) is 5.91 Å². The molecule has 0 aliphatic rings. The first-order chi connectivity index (χ1) is 10.1. The molecule has 0 aliphatic heterocycles. The number of hydrogen-bond acceptors (Lipinski definition) is 4. The predicted octanol–water partition coefficient (Wildman–Crippen LogP) is 3.80. The summed E-state index contributed by atoms with van der Waals surface area (Å²) < 4.78 is 6.18. The van der Waals surface area contributed by atoms with E-state index in [2.05, 4.69) is 19.2 Å². The van der Waals surface area contributed by atoms with E-state index in [-0.39, 0.29) is 11.9 Å². The smallest absolute Gasteiger partial charge is 0.263 e. The van der Waals surface area contributed by atoms with Crippen LogP contribution >= 0.6 is 11.3 Å². The molecule has 21 heavy (non-hydrogen) atoms. The Morgan fingerprint density at radius 2 is 2.19 bits per heavy atom. The molecule has 0 saturated carbocycles. The van der Waals surface area contributed by atoms with Crippen molar-refractivity contribution in [3.63, 3.8) is 0 Å². The van der Waals surface area contributed by atoms with Gasteiger partial charge in [-0.3, -0.25) is 4.79 Å². The number of amides is 1. The second-order valence-electron chi connectivity index (χ2n) is 5.07. The van der Waals surface area contributed by atoms with Gasteiger partial charge in [0.1, 0.15) is 10.6 Å². The summed E-state index contributed by atoms with van der Waals surface area (Å²) in [4.78, 5) is 13.0. The number of hydrogen-bond donors (Lipinski definition) is 2. The van der Waals surface area contributed by atoms with Crippen LogP contribution in [0.2, 0.25) is 0 Å². The Bertz CT molecular complexity index is 636. The average Bonchev–Trinajstić information content (AvgIpc) is 2.83. The van der Waals surface area contributed by atoms with E-state index in [1.165, 1.54) is 11.3 Å². The van der Waals surface area contributed by atoms with Crippen LogP contribution in [0, 0.1) is 0 Å². The number of fused-ring (bicyclic) bond motifs is 1. The van der Waals surface area contributed by atoms with Crippen molar-refractivity contribution in [1.82, 2.24) is 5.32 Å². The second kappa shape index (κ2) is 6.80. The molecule has 2 rings (SSSR count). The molecule has 1 atom stereocenters. The van der Waals surface area contributed by atoms with Crippen LogP contribution in [-0.4, -0.2) is 19.1 Å². The third kappa shape index (κ3) is 3.29. The minimum Gasteiger partial charge on any atom is -0.497 e. The molecule has 0 saturated heterocycles. The fourth-order valence-corrected chi connectivity index (χ4v) is 3.42. The quantitative estimate of drug-likeness (QED) is 0.853. The van der Waals surface area contributed by atoms with Gasteiger partial charge in [0.2, 0.25) is 0 Å². The lowest BCUT2D eigenvalue weighted by Crippen LogP contribution is -2.34. The Labute approximate surface area is 129 Å². The van der Waals surface area contributed by atoms with E-state index in [4.69, 9.17) is 10.5 Å². The number of carbonyl (C=O) groups excluding carboxylic acids is 1.